The van der Waals surface area contributed by atoms with Crippen LogP contribution in [0.5, 0.6) is 0 Å². The summed E-state index contributed by atoms with van der Waals surface area (Å²) in [6.45, 7) is 0.573. The summed E-state index contributed by atoms with van der Waals surface area (Å²) in [4.78, 5) is 31.1. The number of halogens is 3. The Kier molecular flexibility index (Phi) is 3.88. The monoisotopic (exact) mass is 341 g/mol. The van der Waals surface area contributed by atoms with Crippen LogP contribution in [-0.4, -0.2) is 28.4 Å². The highest BCUT2D eigenvalue weighted by molar-refractivity contribution is 8.14. The molecule has 1 aliphatic rings. The maximum Gasteiger partial charge on any atom is 0.416 e. The van der Waals surface area contributed by atoms with Gasteiger partial charge in [0.25, 0.3) is 5.91 Å². The predicted molar refractivity (Wildman–Crippen MR) is 81.8 cm³/mol. The van der Waals surface area contributed by atoms with Crippen LogP contribution in [0.3, 0.4) is 0 Å². The number of carbonyl (C=O) groups excluding carboxylic acids is 1. The van der Waals surface area contributed by atoms with E-state index in [2.05, 4.69) is 15.3 Å². The van der Waals surface area contributed by atoms with Gasteiger partial charge in [-0.3, -0.25) is 14.6 Å². The van der Waals surface area contributed by atoms with Crippen molar-refractivity contribution in [1.82, 2.24) is 10.3 Å². The average Bonchev–Trinajstić information content (AvgIpc) is 2.99. The number of thioether (sulfide) groups is 1. The Morgan fingerprint density at radius 2 is 2.13 bits per heavy atom. The minimum Gasteiger partial charge on any atom is -0.360 e. The van der Waals surface area contributed by atoms with E-state index in [-0.39, 0.29) is 16.5 Å². The predicted octanol–water partition coefficient (Wildman–Crippen LogP) is 2.38. The van der Waals surface area contributed by atoms with Crippen LogP contribution in [0.4, 0.5) is 13.2 Å². The summed E-state index contributed by atoms with van der Waals surface area (Å²) < 4.78 is 38.3. The lowest BCUT2D eigenvalue weighted by atomic mass is 10.1. The second-order valence-corrected chi connectivity index (χ2v) is 5.86. The molecule has 2 N–H and O–H groups in total. The van der Waals surface area contributed by atoms with Crippen LogP contribution in [0.25, 0.3) is 10.9 Å². The van der Waals surface area contributed by atoms with Crippen molar-refractivity contribution in [1.29, 1.82) is 0 Å². The van der Waals surface area contributed by atoms with Gasteiger partial charge in [0, 0.05) is 22.9 Å². The number of hydrogen-bond acceptors (Lipinski definition) is 4. The number of alkyl halides is 3. The molecular weight excluding hydrogens is 331 g/mol. The summed E-state index contributed by atoms with van der Waals surface area (Å²) in [6, 6.07) is 2.78. The number of aromatic nitrogens is 1. The maximum absolute atomic E-state index is 12.8. The summed E-state index contributed by atoms with van der Waals surface area (Å²) in [5, 5.41) is 2.69. The highest BCUT2D eigenvalue weighted by Crippen LogP contribution is 2.30. The van der Waals surface area contributed by atoms with Crippen LogP contribution >= 0.6 is 11.8 Å². The molecule has 0 radical (unpaired) electrons. The molecule has 0 fully saturated rings. The van der Waals surface area contributed by atoms with Gasteiger partial charge < -0.3 is 10.3 Å². The molecule has 1 amide bonds. The fourth-order valence-corrected chi connectivity index (χ4v) is 2.86. The molecule has 0 bridgehead atoms. The lowest BCUT2D eigenvalue weighted by Gasteiger charge is -2.08. The van der Waals surface area contributed by atoms with Crippen LogP contribution in [-0.2, 0) is 6.18 Å². The fourth-order valence-electron chi connectivity index (χ4n) is 2.14. The Hall–Kier alpha value is -2.29. The number of rotatable bonds is 1. The first-order valence-electron chi connectivity index (χ1n) is 6.57. The quantitative estimate of drug-likeness (QED) is 0.836. The standard InChI is InChI=1S/C14H10F3N3O2S/c15-14(16,17)7-1-2-10-8(5-7)11(21)9(6-19-10)12(22)20-13-18-3-4-23-13/h1-2,5-6H,3-4H2,(H,19,21)(H,18,20,22). The topological polar surface area (TPSA) is 74.3 Å². The Labute approximate surface area is 132 Å². The number of aromatic amines is 1. The van der Waals surface area contributed by atoms with Gasteiger partial charge in [-0.25, -0.2) is 0 Å². The SMILES string of the molecule is O=C(NC1=NCCS1)c1c[nH]c2ccc(C(F)(F)F)cc2c1=O. The smallest absolute Gasteiger partial charge is 0.360 e. The Morgan fingerprint density at radius 1 is 1.35 bits per heavy atom. The lowest BCUT2D eigenvalue weighted by Crippen LogP contribution is -2.31. The Bertz CT molecular complexity index is 874. The zero-order valence-electron chi connectivity index (χ0n) is 11.5. The molecule has 5 nitrogen and oxygen atoms in total. The van der Waals surface area contributed by atoms with E-state index in [0.29, 0.717) is 11.7 Å². The van der Waals surface area contributed by atoms with Crippen LogP contribution in [0.1, 0.15) is 15.9 Å². The first kappa shape index (κ1) is 15.6. The molecule has 1 aromatic heterocycles. The van der Waals surface area contributed by atoms with Gasteiger partial charge in [-0.2, -0.15) is 13.2 Å². The van der Waals surface area contributed by atoms with Crippen molar-refractivity contribution in [2.24, 2.45) is 4.99 Å². The lowest BCUT2D eigenvalue weighted by molar-refractivity contribution is -0.137. The molecule has 23 heavy (non-hydrogen) atoms. The largest absolute Gasteiger partial charge is 0.416 e. The first-order chi connectivity index (χ1) is 10.9. The Morgan fingerprint density at radius 3 is 2.78 bits per heavy atom. The van der Waals surface area contributed by atoms with Gasteiger partial charge in [-0.05, 0) is 18.2 Å². The van der Waals surface area contributed by atoms with E-state index in [1.807, 2.05) is 0 Å². The molecule has 0 saturated heterocycles. The second-order valence-electron chi connectivity index (χ2n) is 4.78. The molecule has 0 atom stereocenters. The van der Waals surface area contributed by atoms with Gasteiger partial charge in [0.15, 0.2) is 5.17 Å². The van der Waals surface area contributed by atoms with Crippen molar-refractivity contribution in [2.45, 2.75) is 6.18 Å². The number of amides is 1. The first-order valence-corrected chi connectivity index (χ1v) is 7.56. The van der Waals surface area contributed by atoms with Crippen LogP contribution in [0, 0.1) is 0 Å². The highest BCUT2D eigenvalue weighted by Gasteiger charge is 2.31. The molecule has 0 spiro atoms. The zero-order chi connectivity index (χ0) is 16.6. The molecule has 9 heteroatoms. The molecular formula is C14H10F3N3O2S. The summed E-state index contributed by atoms with van der Waals surface area (Å²) in [5.74, 6) is 0.0391. The van der Waals surface area contributed by atoms with Gasteiger partial charge in [0.05, 0.1) is 12.1 Å². The fraction of sp³-hybridized carbons (Fsp3) is 0.214. The summed E-state index contributed by atoms with van der Waals surface area (Å²) >= 11 is 1.34. The third-order valence-electron chi connectivity index (χ3n) is 3.26. The number of carbonyl (C=O) groups is 1. The molecule has 1 aromatic carbocycles. The van der Waals surface area contributed by atoms with Crippen molar-refractivity contribution in [2.75, 3.05) is 12.3 Å². The molecule has 2 aromatic rings. The minimum absolute atomic E-state index is 0.187. The summed E-state index contributed by atoms with van der Waals surface area (Å²) in [5.41, 5.74) is -1.73. The van der Waals surface area contributed by atoms with Crippen molar-refractivity contribution >= 4 is 33.7 Å². The number of hydrogen-bond donors (Lipinski definition) is 2. The summed E-state index contributed by atoms with van der Waals surface area (Å²) in [7, 11) is 0. The van der Waals surface area contributed by atoms with E-state index in [4.69, 9.17) is 0 Å². The molecule has 0 aliphatic carbocycles. The van der Waals surface area contributed by atoms with Crippen molar-refractivity contribution in [3.63, 3.8) is 0 Å². The number of fused-ring (bicyclic) bond motifs is 1. The van der Waals surface area contributed by atoms with Gasteiger partial charge in [0.1, 0.15) is 5.56 Å². The maximum atomic E-state index is 12.8. The van der Waals surface area contributed by atoms with Crippen LogP contribution in [0.15, 0.2) is 34.2 Å². The third-order valence-corrected chi connectivity index (χ3v) is 4.15. The summed E-state index contributed by atoms with van der Waals surface area (Å²) in [6.07, 6.45) is -3.37. The zero-order valence-corrected chi connectivity index (χ0v) is 12.3. The minimum atomic E-state index is -4.56. The van der Waals surface area contributed by atoms with Crippen molar-refractivity contribution in [3.05, 3.63) is 45.7 Å². The number of amidine groups is 1. The number of pyridine rings is 1. The van der Waals surface area contributed by atoms with E-state index >= 15 is 0 Å². The normalized spacial score (nSPS) is 14.8. The number of nitrogens with one attached hydrogen (secondary N) is 2. The highest BCUT2D eigenvalue weighted by atomic mass is 32.2. The number of benzene rings is 1. The number of aliphatic imine (C=N–C) groups is 1. The van der Waals surface area contributed by atoms with Crippen molar-refractivity contribution in [3.8, 4) is 0 Å². The van der Waals surface area contributed by atoms with Gasteiger partial charge >= 0.3 is 6.18 Å². The van der Waals surface area contributed by atoms with E-state index in [0.717, 1.165) is 24.0 Å². The number of H-pyrrole nitrogens is 1. The van der Waals surface area contributed by atoms with Crippen molar-refractivity contribution < 1.29 is 18.0 Å². The molecule has 2 heterocycles. The molecule has 120 valence electrons. The van der Waals surface area contributed by atoms with E-state index < -0.39 is 23.1 Å². The molecule has 0 saturated carbocycles. The average molecular weight is 341 g/mol. The van der Waals surface area contributed by atoms with Crippen LogP contribution in [0.2, 0.25) is 0 Å². The molecule has 3 rings (SSSR count). The van der Waals surface area contributed by atoms with E-state index in [9.17, 15) is 22.8 Å². The molecule has 1 aliphatic heterocycles. The van der Waals surface area contributed by atoms with E-state index in [1.54, 1.807) is 0 Å². The second kappa shape index (κ2) is 5.73. The van der Waals surface area contributed by atoms with Gasteiger partial charge in [-0.1, -0.05) is 11.8 Å². The number of nitrogens with zero attached hydrogens (tertiary/aromatic N) is 1. The van der Waals surface area contributed by atoms with E-state index in [1.165, 1.54) is 18.0 Å². The van der Waals surface area contributed by atoms with Gasteiger partial charge in [0.2, 0.25) is 5.43 Å². The van der Waals surface area contributed by atoms with Gasteiger partial charge in [-0.15, -0.1) is 0 Å². The Balaban J connectivity index is 2.03. The third kappa shape index (κ3) is 3.09. The van der Waals surface area contributed by atoms with Crippen LogP contribution < -0.4 is 10.7 Å². The molecule has 0 unspecified atom stereocenters.